The molecule has 0 aliphatic carbocycles. The molecule has 2 heterocycles. The van der Waals surface area contributed by atoms with Crippen LogP contribution in [0.25, 0.3) is 0 Å². The Labute approximate surface area is 186 Å². The minimum atomic E-state index is -1.69. The van der Waals surface area contributed by atoms with Crippen molar-refractivity contribution < 1.29 is 19.5 Å². The fourth-order valence-corrected chi connectivity index (χ4v) is 4.99. The summed E-state index contributed by atoms with van der Waals surface area (Å²) >= 11 is 0. The third-order valence-corrected chi connectivity index (χ3v) is 6.43. The van der Waals surface area contributed by atoms with Crippen LogP contribution < -0.4 is 5.32 Å². The van der Waals surface area contributed by atoms with Crippen LogP contribution in [0.2, 0.25) is 0 Å². The highest BCUT2D eigenvalue weighted by Crippen LogP contribution is 2.50. The molecule has 2 N–H and O–H groups in total. The number of imide groups is 1. The molecule has 2 aliphatic rings. The molecule has 0 saturated carbocycles. The van der Waals surface area contributed by atoms with E-state index in [1.807, 2.05) is 6.07 Å². The van der Waals surface area contributed by atoms with Gasteiger partial charge in [0.1, 0.15) is 5.54 Å². The number of aliphatic carboxylic acids is 1. The van der Waals surface area contributed by atoms with Crippen LogP contribution >= 0.6 is 0 Å². The van der Waals surface area contributed by atoms with Crippen molar-refractivity contribution in [3.05, 3.63) is 83.9 Å². The van der Waals surface area contributed by atoms with Crippen molar-refractivity contribution in [1.82, 2.24) is 10.2 Å². The Bertz CT molecular complexity index is 1120. The molecule has 2 aliphatic heterocycles. The number of fused-ring (bicyclic) bond motifs is 1. The Balaban J connectivity index is 1.87. The molecule has 4 unspecified atom stereocenters. The van der Waals surface area contributed by atoms with E-state index < -0.39 is 41.2 Å². The quantitative estimate of drug-likeness (QED) is 0.517. The van der Waals surface area contributed by atoms with Crippen LogP contribution in [0.4, 0.5) is 0 Å². The van der Waals surface area contributed by atoms with Gasteiger partial charge in [-0.25, -0.2) is 0 Å². The largest absolute Gasteiger partial charge is 0.480 e. The Kier molecular flexibility index (Phi) is 5.64. The van der Waals surface area contributed by atoms with Gasteiger partial charge < -0.3 is 5.11 Å². The maximum absolute atomic E-state index is 13.4. The van der Waals surface area contributed by atoms with Crippen LogP contribution in [0.3, 0.4) is 0 Å². The number of carboxylic acid groups (broad SMARTS) is 1. The molecule has 4 atom stereocenters. The zero-order chi connectivity index (χ0) is 22.9. The Morgan fingerprint density at radius 3 is 2.50 bits per heavy atom. The zero-order valence-electron chi connectivity index (χ0n) is 17.4. The SMILES string of the molecule is C=CCCN1C(=O)C2C(c3ccccc3C#N)NC(Cc3ccccc3)(C(=O)O)C2C1=O. The molecule has 2 aromatic rings. The van der Waals surface area contributed by atoms with Gasteiger partial charge in [0.2, 0.25) is 11.8 Å². The molecule has 0 bridgehead atoms. The Morgan fingerprint density at radius 1 is 1.16 bits per heavy atom. The summed E-state index contributed by atoms with van der Waals surface area (Å²) in [6.45, 7) is 3.80. The van der Waals surface area contributed by atoms with Crippen molar-refractivity contribution in [2.75, 3.05) is 6.54 Å². The van der Waals surface area contributed by atoms with Gasteiger partial charge in [0.15, 0.2) is 0 Å². The average molecular weight is 429 g/mol. The van der Waals surface area contributed by atoms with Gasteiger partial charge >= 0.3 is 5.97 Å². The second-order valence-corrected chi connectivity index (χ2v) is 8.17. The van der Waals surface area contributed by atoms with E-state index in [0.717, 1.165) is 10.5 Å². The lowest BCUT2D eigenvalue weighted by Crippen LogP contribution is -2.57. The summed E-state index contributed by atoms with van der Waals surface area (Å²) in [6.07, 6.45) is 2.07. The molecule has 32 heavy (non-hydrogen) atoms. The number of amides is 2. The van der Waals surface area contributed by atoms with E-state index in [0.29, 0.717) is 17.5 Å². The standard InChI is InChI=1S/C25H23N3O4/c1-2-3-13-28-22(29)19-20(23(28)30)25(24(31)32,14-16-9-5-4-6-10-16)27-21(19)18-12-8-7-11-17(18)15-26/h2,4-12,19-21,27H,1,3,13-14H2,(H,31,32). The van der Waals surface area contributed by atoms with Crippen LogP contribution in [0.15, 0.2) is 67.3 Å². The van der Waals surface area contributed by atoms with Gasteiger partial charge in [0.05, 0.1) is 23.5 Å². The highest BCUT2D eigenvalue weighted by molar-refractivity contribution is 6.09. The molecule has 4 rings (SSSR count). The molecule has 7 heteroatoms. The van der Waals surface area contributed by atoms with Crippen molar-refractivity contribution in [1.29, 1.82) is 5.26 Å². The molecule has 0 aromatic heterocycles. The number of carbonyl (C=O) groups excluding carboxylic acids is 2. The van der Waals surface area contributed by atoms with E-state index in [9.17, 15) is 24.8 Å². The van der Waals surface area contributed by atoms with Gasteiger partial charge in [-0.2, -0.15) is 5.26 Å². The summed E-state index contributed by atoms with van der Waals surface area (Å²) in [7, 11) is 0. The summed E-state index contributed by atoms with van der Waals surface area (Å²) in [4.78, 5) is 40.8. The summed E-state index contributed by atoms with van der Waals surface area (Å²) in [6, 6.07) is 17.2. The number of hydrogen-bond acceptors (Lipinski definition) is 5. The molecule has 2 fully saturated rings. The number of benzene rings is 2. The van der Waals surface area contributed by atoms with Crippen LogP contribution in [0.5, 0.6) is 0 Å². The molecule has 162 valence electrons. The second-order valence-electron chi connectivity index (χ2n) is 8.17. The summed E-state index contributed by atoms with van der Waals surface area (Å²) in [5.41, 5.74) is -0.0860. The number of carboxylic acids is 1. The number of likely N-dealkylation sites (tertiary alicyclic amines) is 1. The van der Waals surface area contributed by atoms with Crippen LogP contribution in [0.1, 0.15) is 29.2 Å². The van der Waals surface area contributed by atoms with E-state index in [-0.39, 0.29) is 13.0 Å². The van der Waals surface area contributed by atoms with E-state index in [1.165, 1.54) is 0 Å². The highest BCUT2D eigenvalue weighted by atomic mass is 16.4. The molecular formula is C25H23N3O4. The van der Waals surface area contributed by atoms with E-state index >= 15 is 0 Å². The lowest BCUT2D eigenvalue weighted by atomic mass is 9.76. The molecule has 0 radical (unpaired) electrons. The van der Waals surface area contributed by atoms with E-state index in [1.54, 1.807) is 54.6 Å². The highest BCUT2D eigenvalue weighted by Gasteiger charge is 2.68. The van der Waals surface area contributed by atoms with Crippen LogP contribution in [-0.4, -0.2) is 39.9 Å². The van der Waals surface area contributed by atoms with E-state index in [4.69, 9.17) is 0 Å². The normalized spacial score (nSPS) is 26.6. The predicted octanol–water partition coefficient (Wildman–Crippen LogP) is 2.45. The zero-order valence-corrected chi connectivity index (χ0v) is 17.4. The minimum Gasteiger partial charge on any atom is -0.480 e. The molecule has 7 nitrogen and oxygen atoms in total. The van der Waals surface area contributed by atoms with Crippen molar-refractivity contribution in [2.24, 2.45) is 11.8 Å². The van der Waals surface area contributed by atoms with Gasteiger partial charge in [-0.15, -0.1) is 6.58 Å². The Morgan fingerprint density at radius 2 is 1.84 bits per heavy atom. The van der Waals surface area contributed by atoms with Gasteiger partial charge in [0, 0.05) is 19.0 Å². The first kappa shape index (κ1) is 21.5. The molecule has 2 saturated heterocycles. The summed E-state index contributed by atoms with van der Waals surface area (Å²) in [5, 5.41) is 23.2. The average Bonchev–Trinajstić information content (AvgIpc) is 3.27. The van der Waals surface area contributed by atoms with Gasteiger partial charge in [0.25, 0.3) is 0 Å². The maximum Gasteiger partial charge on any atom is 0.325 e. The van der Waals surface area contributed by atoms with Crippen LogP contribution in [-0.2, 0) is 20.8 Å². The fraction of sp³-hybridized carbons (Fsp3) is 0.280. The molecule has 2 aromatic carbocycles. The maximum atomic E-state index is 13.4. The molecular weight excluding hydrogens is 406 g/mol. The van der Waals surface area contributed by atoms with Crippen molar-refractivity contribution in [3.8, 4) is 6.07 Å². The third kappa shape index (κ3) is 3.29. The number of nitriles is 1. The smallest absolute Gasteiger partial charge is 0.325 e. The van der Waals surface area contributed by atoms with Crippen molar-refractivity contribution in [3.63, 3.8) is 0 Å². The molecule has 2 amide bonds. The van der Waals surface area contributed by atoms with E-state index in [2.05, 4.69) is 18.0 Å². The number of hydrogen-bond donors (Lipinski definition) is 2. The number of nitrogens with one attached hydrogen (secondary N) is 1. The lowest BCUT2D eigenvalue weighted by molar-refractivity contribution is -0.151. The van der Waals surface area contributed by atoms with Crippen molar-refractivity contribution in [2.45, 2.75) is 24.4 Å². The second kappa shape index (κ2) is 8.40. The number of rotatable bonds is 7. The first-order chi connectivity index (χ1) is 15.4. The predicted molar refractivity (Wildman–Crippen MR) is 116 cm³/mol. The third-order valence-electron chi connectivity index (χ3n) is 6.43. The fourth-order valence-electron chi connectivity index (χ4n) is 4.99. The van der Waals surface area contributed by atoms with Gasteiger partial charge in [-0.1, -0.05) is 54.6 Å². The molecule has 0 spiro atoms. The minimum absolute atomic E-state index is 0.0316. The topological polar surface area (TPSA) is 110 Å². The van der Waals surface area contributed by atoms with Crippen LogP contribution in [0, 0.1) is 23.2 Å². The van der Waals surface area contributed by atoms with Gasteiger partial charge in [-0.3, -0.25) is 24.6 Å². The Hall–Kier alpha value is -3.76. The summed E-state index contributed by atoms with van der Waals surface area (Å²) in [5.74, 6) is -4.11. The summed E-state index contributed by atoms with van der Waals surface area (Å²) < 4.78 is 0. The number of nitrogens with zero attached hydrogens (tertiary/aromatic N) is 2. The van der Waals surface area contributed by atoms with Gasteiger partial charge in [-0.05, 0) is 23.6 Å². The van der Waals surface area contributed by atoms with Crippen molar-refractivity contribution >= 4 is 17.8 Å². The first-order valence-corrected chi connectivity index (χ1v) is 10.4. The number of carbonyl (C=O) groups is 3. The monoisotopic (exact) mass is 429 g/mol. The lowest BCUT2D eigenvalue weighted by Gasteiger charge is -2.31. The first-order valence-electron chi connectivity index (χ1n) is 10.4.